The minimum Gasteiger partial charge on any atom is -0.431 e. The van der Waals surface area contributed by atoms with Crippen LogP contribution in [0.5, 0.6) is 0 Å². The van der Waals surface area contributed by atoms with E-state index in [1.807, 2.05) is 0 Å². The summed E-state index contributed by atoms with van der Waals surface area (Å²) in [6, 6.07) is 0. The van der Waals surface area contributed by atoms with Crippen molar-refractivity contribution >= 4 is 0 Å². The highest BCUT2D eigenvalue weighted by Crippen LogP contribution is 2.08. The molecule has 2 fully saturated rings. The summed E-state index contributed by atoms with van der Waals surface area (Å²) in [4.78, 5) is 6.77. The molecule has 0 amide bonds. The van der Waals surface area contributed by atoms with Gasteiger partial charge in [-0.05, 0) is 18.4 Å². The number of nitrogens with zero attached hydrogens (tertiary/aromatic N) is 3. The first-order chi connectivity index (χ1) is 6.43. The van der Waals surface area contributed by atoms with Gasteiger partial charge in [-0.2, -0.15) is 0 Å². The molecule has 6 heteroatoms. The van der Waals surface area contributed by atoms with Crippen LogP contribution in [0.1, 0.15) is 12.8 Å². The molecule has 1 unspecified atom stereocenters. The molecule has 6 nitrogen and oxygen atoms in total. The highest BCUT2D eigenvalue weighted by atomic mass is 16.7. The Bertz CT molecular complexity index is 166. The number of rotatable bonds is 3. The Morgan fingerprint density at radius 3 is 2.54 bits per heavy atom. The summed E-state index contributed by atoms with van der Waals surface area (Å²) in [5, 5.41) is 2.85. The number of azide groups is 1. The second-order valence-electron chi connectivity index (χ2n) is 2.74. The van der Waals surface area contributed by atoms with Gasteiger partial charge >= 0.3 is 0 Å². The average molecular weight is 187 g/mol. The van der Waals surface area contributed by atoms with Crippen LogP contribution in [0.15, 0.2) is 5.28 Å². The van der Waals surface area contributed by atoms with Crippen LogP contribution < -0.4 is 0 Å². The van der Waals surface area contributed by atoms with Gasteiger partial charge in [-0.15, -0.1) is 0 Å². The first-order valence-electron chi connectivity index (χ1n) is 4.29. The zero-order valence-corrected chi connectivity index (χ0v) is 7.39. The van der Waals surface area contributed by atoms with Gasteiger partial charge in [0.05, 0.1) is 6.61 Å². The van der Waals surface area contributed by atoms with Crippen molar-refractivity contribution in [2.45, 2.75) is 18.9 Å². The molecule has 0 N–H and O–H groups in total. The average Bonchev–Trinajstić information content (AvgIpc) is 2.79. The molecule has 0 aliphatic carbocycles. The van der Waals surface area contributed by atoms with Gasteiger partial charge in [-0.25, -0.2) is 0 Å². The Morgan fingerprint density at radius 2 is 2.15 bits per heavy atom. The molecule has 13 heavy (non-hydrogen) atoms. The molecule has 2 aliphatic heterocycles. The maximum Gasteiger partial charge on any atom is 0.125 e. The van der Waals surface area contributed by atoms with E-state index < -0.39 is 0 Å². The van der Waals surface area contributed by atoms with E-state index in [-0.39, 0.29) is 6.10 Å². The van der Waals surface area contributed by atoms with Crippen LogP contribution >= 0.6 is 0 Å². The summed E-state index contributed by atoms with van der Waals surface area (Å²) >= 11 is 0. The second kappa shape index (κ2) is 6.54. The molecule has 0 bridgehead atoms. The van der Waals surface area contributed by atoms with Crippen molar-refractivity contribution in [2.75, 3.05) is 26.4 Å². The monoisotopic (exact) mass is 187 g/mol. The van der Waals surface area contributed by atoms with Gasteiger partial charge in [-0.3, -0.25) is 0 Å². The van der Waals surface area contributed by atoms with E-state index in [0.29, 0.717) is 6.61 Å². The summed E-state index contributed by atoms with van der Waals surface area (Å²) in [6.45, 7) is 3.10. The van der Waals surface area contributed by atoms with E-state index in [4.69, 9.17) is 15.0 Å². The maximum atomic E-state index is 7.69. The Balaban J connectivity index is 0.000000145. The van der Waals surface area contributed by atoms with E-state index in [2.05, 4.69) is 15.0 Å². The van der Waals surface area contributed by atoms with Gasteiger partial charge in [0, 0.05) is 18.1 Å². The molecule has 2 saturated heterocycles. The Hall–Kier alpha value is -0.970. The Morgan fingerprint density at radius 1 is 1.46 bits per heavy atom. The minimum absolute atomic E-state index is 0.167. The molecule has 0 aromatic rings. The zero-order chi connectivity index (χ0) is 9.36. The second-order valence-corrected chi connectivity index (χ2v) is 2.74. The van der Waals surface area contributed by atoms with Crippen LogP contribution in [-0.4, -0.2) is 32.5 Å². The van der Waals surface area contributed by atoms with Gasteiger partial charge in [0.2, 0.25) is 0 Å². The summed E-state index contributed by atoms with van der Waals surface area (Å²) in [7, 11) is 0. The van der Waals surface area contributed by atoms with Gasteiger partial charge in [0.25, 0.3) is 0 Å². The van der Waals surface area contributed by atoms with Gasteiger partial charge in [0.15, 0.2) is 0 Å². The van der Waals surface area contributed by atoms with Gasteiger partial charge < -0.3 is 14.3 Å². The summed E-state index contributed by atoms with van der Waals surface area (Å²) < 4.78 is 9.69. The van der Waals surface area contributed by atoms with Crippen molar-refractivity contribution in [3.8, 4) is 0 Å². The lowest BCUT2D eigenvalue weighted by Gasteiger charge is -1.87. The fourth-order valence-corrected chi connectivity index (χ4v) is 0.817. The molecular formula is C7H13N3O3. The van der Waals surface area contributed by atoms with Crippen LogP contribution in [-0.2, 0) is 14.3 Å². The van der Waals surface area contributed by atoms with E-state index in [0.717, 1.165) is 19.8 Å². The molecule has 0 aromatic heterocycles. The lowest BCUT2D eigenvalue weighted by Crippen LogP contribution is -1.94. The predicted molar refractivity (Wildman–Crippen MR) is 44.9 cm³/mol. The van der Waals surface area contributed by atoms with Crippen molar-refractivity contribution in [3.05, 3.63) is 10.4 Å². The van der Waals surface area contributed by atoms with E-state index >= 15 is 0 Å². The molecule has 2 heterocycles. The normalized spacial score (nSPS) is 23.8. The largest absolute Gasteiger partial charge is 0.431 e. The van der Waals surface area contributed by atoms with Crippen molar-refractivity contribution in [3.63, 3.8) is 0 Å². The summed E-state index contributed by atoms with van der Waals surface area (Å²) in [5.74, 6) is 0. The number of hydrogen-bond donors (Lipinski definition) is 0. The third-order valence-corrected chi connectivity index (χ3v) is 1.58. The zero-order valence-electron chi connectivity index (χ0n) is 7.39. The van der Waals surface area contributed by atoms with Crippen LogP contribution in [0.25, 0.3) is 10.4 Å². The number of ether oxygens (including phenoxy) is 2. The van der Waals surface area contributed by atoms with Gasteiger partial charge in [0.1, 0.15) is 18.0 Å². The predicted octanol–water partition coefficient (Wildman–Crippen LogP) is 1.42. The highest BCUT2D eigenvalue weighted by Gasteiger charge is 2.22. The SMILES string of the molecule is C1CCOC1.[N-]=[N+]=NOCC1CO1. The van der Waals surface area contributed by atoms with Crippen LogP contribution in [0, 0.1) is 0 Å². The molecule has 0 radical (unpaired) electrons. The molecule has 0 saturated carbocycles. The van der Waals surface area contributed by atoms with E-state index in [9.17, 15) is 0 Å². The van der Waals surface area contributed by atoms with Crippen LogP contribution in [0.3, 0.4) is 0 Å². The Kier molecular flexibility index (Phi) is 5.08. The third kappa shape index (κ3) is 6.21. The topological polar surface area (TPSA) is 79.8 Å². The first-order valence-corrected chi connectivity index (χ1v) is 4.29. The summed E-state index contributed by atoms with van der Waals surface area (Å²) in [6.07, 6.45) is 2.72. The van der Waals surface area contributed by atoms with Crippen LogP contribution in [0.2, 0.25) is 0 Å². The van der Waals surface area contributed by atoms with E-state index in [1.54, 1.807) is 0 Å². The van der Waals surface area contributed by atoms with Crippen molar-refractivity contribution in [2.24, 2.45) is 5.28 Å². The lowest BCUT2D eigenvalue weighted by atomic mass is 10.4. The molecule has 2 rings (SSSR count). The summed E-state index contributed by atoms with van der Waals surface area (Å²) in [5.41, 5.74) is 7.69. The van der Waals surface area contributed by atoms with E-state index in [1.165, 1.54) is 12.8 Å². The Labute approximate surface area is 76.4 Å². The third-order valence-electron chi connectivity index (χ3n) is 1.58. The molecular weight excluding hydrogens is 174 g/mol. The molecule has 74 valence electrons. The molecule has 1 atom stereocenters. The first kappa shape index (κ1) is 10.1. The molecule has 2 aliphatic rings. The number of epoxide rings is 1. The maximum absolute atomic E-state index is 7.69. The fraction of sp³-hybridized carbons (Fsp3) is 1.00. The highest BCUT2D eigenvalue weighted by molar-refractivity contribution is 4.66. The fourth-order valence-electron chi connectivity index (χ4n) is 0.817. The standard InChI is InChI=1S/C4H8O.C3H5N3O2/c1-2-4-5-3-1;4-5-6-8-2-3-1-7-3/h1-4H2;3H,1-2H2. The molecule has 0 spiro atoms. The van der Waals surface area contributed by atoms with Crippen LogP contribution in [0.4, 0.5) is 0 Å². The minimum atomic E-state index is 0.167. The van der Waals surface area contributed by atoms with Crippen molar-refractivity contribution < 1.29 is 14.3 Å². The van der Waals surface area contributed by atoms with Gasteiger partial charge in [-0.1, -0.05) is 0 Å². The smallest absolute Gasteiger partial charge is 0.125 e. The van der Waals surface area contributed by atoms with Crippen molar-refractivity contribution in [1.82, 2.24) is 0 Å². The van der Waals surface area contributed by atoms with Crippen molar-refractivity contribution in [1.29, 1.82) is 0 Å². The molecule has 0 aromatic carbocycles. The number of hydrogen-bond acceptors (Lipinski definition) is 4. The quantitative estimate of drug-likeness (QED) is 0.220. The lowest BCUT2D eigenvalue weighted by molar-refractivity contribution is 0.120.